The Balaban J connectivity index is 1.31. The predicted octanol–water partition coefficient (Wildman–Crippen LogP) is 3.06. The van der Waals surface area contributed by atoms with E-state index in [9.17, 15) is 13.6 Å². The maximum absolute atomic E-state index is 12.7. The van der Waals surface area contributed by atoms with E-state index in [1.54, 1.807) is 6.07 Å². The molecule has 8 heteroatoms. The molecule has 0 spiro atoms. The van der Waals surface area contributed by atoms with Crippen LogP contribution < -0.4 is 9.64 Å². The van der Waals surface area contributed by atoms with Crippen molar-refractivity contribution in [1.82, 2.24) is 14.9 Å². The molecule has 2 aliphatic heterocycles. The Kier molecular flexibility index (Phi) is 4.87. The molecule has 0 bridgehead atoms. The number of aryl methyl sites for hydroxylation is 2. The van der Waals surface area contributed by atoms with Crippen molar-refractivity contribution in [3.63, 3.8) is 0 Å². The van der Waals surface area contributed by atoms with Crippen molar-refractivity contribution in [3.05, 3.63) is 46.9 Å². The molecule has 0 aliphatic carbocycles. The van der Waals surface area contributed by atoms with Gasteiger partial charge in [-0.3, -0.25) is 9.78 Å². The highest BCUT2D eigenvalue weighted by atomic mass is 19.3. The molecular formula is C20H22F2N4O2. The summed E-state index contributed by atoms with van der Waals surface area (Å²) in [4.78, 5) is 24.9. The number of hydrogen-bond acceptors (Lipinski definition) is 5. The molecule has 0 N–H and O–H groups in total. The van der Waals surface area contributed by atoms with Crippen molar-refractivity contribution >= 4 is 11.6 Å². The molecule has 28 heavy (non-hydrogen) atoms. The summed E-state index contributed by atoms with van der Waals surface area (Å²) in [6.07, 6.45) is 1.93. The molecule has 0 saturated carbocycles. The Hall–Kier alpha value is -2.77. The highest BCUT2D eigenvalue weighted by molar-refractivity contribution is 5.77. The molecule has 2 aromatic heterocycles. The zero-order chi connectivity index (χ0) is 19.8. The summed E-state index contributed by atoms with van der Waals surface area (Å²) in [7, 11) is 0. The number of nitrogens with zero attached hydrogens (tertiary/aromatic N) is 4. The number of ether oxygens (including phenoxy) is 1. The van der Waals surface area contributed by atoms with Crippen molar-refractivity contribution in [2.75, 3.05) is 18.0 Å². The van der Waals surface area contributed by atoms with Crippen LogP contribution in [0.1, 0.15) is 28.9 Å². The van der Waals surface area contributed by atoms with Gasteiger partial charge in [0.25, 0.3) is 0 Å². The van der Waals surface area contributed by atoms with E-state index in [0.29, 0.717) is 32.6 Å². The van der Waals surface area contributed by atoms with Gasteiger partial charge in [-0.05, 0) is 37.1 Å². The fraction of sp³-hybridized carbons (Fsp3) is 0.450. The lowest BCUT2D eigenvalue weighted by atomic mass is 9.95. The molecule has 0 unspecified atom stereocenters. The van der Waals surface area contributed by atoms with E-state index in [-0.39, 0.29) is 17.7 Å². The Bertz CT molecular complexity index is 900. The molecule has 1 amide bonds. The number of alkyl halides is 2. The molecule has 0 aromatic carbocycles. The summed E-state index contributed by atoms with van der Waals surface area (Å²) in [6.45, 7) is 3.76. The first kappa shape index (κ1) is 18.6. The number of rotatable bonds is 5. The molecular weight excluding hydrogens is 366 g/mol. The molecule has 1 fully saturated rings. The second-order valence-electron chi connectivity index (χ2n) is 7.46. The summed E-state index contributed by atoms with van der Waals surface area (Å²) in [5, 5.41) is 0. The van der Waals surface area contributed by atoms with Crippen molar-refractivity contribution in [1.29, 1.82) is 0 Å². The molecule has 6 nitrogen and oxygen atoms in total. The van der Waals surface area contributed by atoms with Gasteiger partial charge in [-0.25, -0.2) is 4.98 Å². The third kappa shape index (κ3) is 3.76. The quantitative estimate of drug-likeness (QED) is 0.788. The van der Waals surface area contributed by atoms with Gasteiger partial charge >= 0.3 is 6.61 Å². The van der Waals surface area contributed by atoms with Gasteiger partial charge in [0.1, 0.15) is 0 Å². The normalized spacial score (nSPS) is 16.3. The number of fused-ring (bicyclic) bond motifs is 1. The zero-order valence-electron chi connectivity index (χ0n) is 15.9. The molecule has 2 aliphatic rings. The maximum Gasteiger partial charge on any atom is 0.388 e. The van der Waals surface area contributed by atoms with Gasteiger partial charge in [0.15, 0.2) is 0 Å². The maximum atomic E-state index is 12.7. The number of pyridine rings is 2. The van der Waals surface area contributed by atoms with Crippen LogP contribution in [0.3, 0.4) is 0 Å². The lowest BCUT2D eigenvalue weighted by Crippen LogP contribution is -2.48. The second kappa shape index (κ2) is 7.33. The number of amides is 1. The van der Waals surface area contributed by atoms with Crippen molar-refractivity contribution < 1.29 is 18.3 Å². The number of carbonyl (C=O) groups excluding carboxylic acids is 1. The minimum absolute atomic E-state index is 0.0972. The van der Waals surface area contributed by atoms with Crippen LogP contribution in [0.25, 0.3) is 0 Å². The Morgan fingerprint density at radius 3 is 2.82 bits per heavy atom. The number of anilines is 1. The van der Waals surface area contributed by atoms with Crippen LogP contribution >= 0.6 is 0 Å². The molecule has 4 rings (SSSR count). The second-order valence-corrected chi connectivity index (χ2v) is 7.46. The number of carbonyl (C=O) groups is 1. The molecule has 4 heterocycles. The highest BCUT2D eigenvalue weighted by Crippen LogP contribution is 2.31. The van der Waals surface area contributed by atoms with E-state index in [2.05, 4.69) is 27.7 Å². The standard InChI is InChI=1S/C20H22F2N4O2/c1-12-5-13(2)24-17-11-26(10-16(12)17)19(27)6-14-8-25(9-14)15-3-4-23-18(7-15)28-20(21)22/h3-5,7,14,20H,6,8-11H2,1-2H3. The highest BCUT2D eigenvalue weighted by Gasteiger charge is 2.33. The van der Waals surface area contributed by atoms with E-state index in [1.165, 1.54) is 17.8 Å². The number of hydrogen-bond donors (Lipinski definition) is 0. The van der Waals surface area contributed by atoms with Crippen molar-refractivity contribution in [2.45, 2.75) is 40.0 Å². The van der Waals surface area contributed by atoms with Crippen LogP contribution in [0.2, 0.25) is 0 Å². The van der Waals surface area contributed by atoms with Gasteiger partial charge in [-0.1, -0.05) is 0 Å². The monoisotopic (exact) mass is 388 g/mol. The van der Waals surface area contributed by atoms with Gasteiger partial charge in [0.2, 0.25) is 11.8 Å². The number of aromatic nitrogens is 2. The van der Waals surface area contributed by atoms with Crippen molar-refractivity contribution in [3.8, 4) is 5.88 Å². The molecule has 148 valence electrons. The van der Waals surface area contributed by atoms with Gasteiger partial charge in [0, 0.05) is 55.6 Å². The average Bonchev–Trinajstić information content (AvgIpc) is 3.01. The first-order chi connectivity index (χ1) is 13.4. The third-order valence-electron chi connectivity index (χ3n) is 5.32. The fourth-order valence-corrected chi connectivity index (χ4v) is 3.93. The summed E-state index contributed by atoms with van der Waals surface area (Å²) in [6, 6.07) is 5.31. The smallest absolute Gasteiger partial charge is 0.388 e. The summed E-state index contributed by atoms with van der Waals surface area (Å²) in [5.74, 6) is 0.288. The third-order valence-corrected chi connectivity index (χ3v) is 5.32. The lowest BCUT2D eigenvalue weighted by molar-refractivity contribution is -0.133. The topological polar surface area (TPSA) is 58.6 Å². The molecule has 2 aromatic rings. The zero-order valence-corrected chi connectivity index (χ0v) is 15.9. The largest absolute Gasteiger partial charge is 0.417 e. The van der Waals surface area contributed by atoms with Gasteiger partial charge in [-0.2, -0.15) is 8.78 Å². The van der Waals surface area contributed by atoms with E-state index >= 15 is 0 Å². The SMILES string of the molecule is Cc1cc(C)c2c(n1)CN(C(=O)CC1CN(c3ccnc(OC(F)F)c3)C1)C2. The summed E-state index contributed by atoms with van der Waals surface area (Å²) >= 11 is 0. The molecule has 1 saturated heterocycles. The van der Waals surface area contributed by atoms with Crippen molar-refractivity contribution in [2.24, 2.45) is 5.92 Å². The summed E-state index contributed by atoms with van der Waals surface area (Å²) in [5.41, 5.74) is 5.11. The molecule has 0 atom stereocenters. The Morgan fingerprint density at radius 1 is 1.29 bits per heavy atom. The first-order valence-electron chi connectivity index (χ1n) is 9.28. The minimum atomic E-state index is -2.89. The number of halogens is 2. The van der Waals surface area contributed by atoms with Crippen LogP contribution in [0.5, 0.6) is 5.88 Å². The van der Waals surface area contributed by atoms with Crippen LogP contribution in [0, 0.1) is 19.8 Å². The van der Waals surface area contributed by atoms with Crippen LogP contribution in [-0.4, -0.2) is 40.5 Å². The predicted molar refractivity (Wildman–Crippen MR) is 99.2 cm³/mol. The fourth-order valence-electron chi connectivity index (χ4n) is 3.93. The van der Waals surface area contributed by atoms with Gasteiger partial charge in [0.05, 0.1) is 12.2 Å². The van der Waals surface area contributed by atoms with E-state index in [0.717, 1.165) is 22.6 Å². The van der Waals surface area contributed by atoms with Crippen LogP contribution in [0.4, 0.5) is 14.5 Å². The van der Waals surface area contributed by atoms with E-state index in [1.807, 2.05) is 16.7 Å². The Morgan fingerprint density at radius 2 is 2.07 bits per heavy atom. The average molecular weight is 388 g/mol. The van der Waals surface area contributed by atoms with Crippen LogP contribution in [0.15, 0.2) is 24.4 Å². The summed E-state index contributed by atoms with van der Waals surface area (Å²) < 4.78 is 29.0. The van der Waals surface area contributed by atoms with Gasteiger partial charge < -0.3 is 14.5 Å². The van der Waals surface area contributed by atoms with E-state index in [4.69, 9.17) is 0 Å². The minimum Gasteiger partial charge on any atom is -0.417 e. The van der Waals surface area contributed by atoms with Crippen LogP contribution in [-0.2, 0) is 17.9 Å². The van der Waals surface area contributed by atoms with E-state index < -0.39 is 6.61 Å². The first-order valence-corrected chi connectivity index (χ1v) is 9.28. The van der Waals surface area contributed by atoms with Gasteiger partial charge in [-0.15, -0.1) is 0 Å². The Labute approximate surface area is 162 Å². The lowest BCUT2D eigenvalue weighted by Gasteiger charge is -2.41. The molecule has 0 radical (unpaired) electrons.